The maximum absolute atomic E-state index is 12.5. The molecular weight excluding hydrogens is 514 g/mol. The third-order valence-electron chi connectivity index (χ3n) is 5.78. The summed E-state index contributed by atoms with van der Waals surface area (Å²) in [6.07, 6.45) is 1.63. The van der Waals surface area contributed by atoms with E-state index in [4.69, 9.17) is 11.6 Å². The van der Waals surface area contributed by atoms with Gasteiger partial charge in [0.15, 0.2) is 11.0 Å². The minimum absolute atomic E-state index is 0.129. The molecule has 1 amide bonds. The van der Waals surface area contributed by atoms with Crippen LogP contribution < -0.4 is 5.43 Å². The van der Waals surface area contributed by atoms with E-state index in [9.17, 15) is 4.79 Å². The summed E-state index contributed by atoms with van der Waals surface area (Å²) in [4.78, 5) is 12.5. The van der Waals surface area contributed by atoms with Crippen LogP contribution in [0.2, 0.25) is 5.02 Å². The summed E-state index contributed by atoms with van der Waals surface area (Å²) in [6, 6.07) is 33.7. The fourth-order valence-electron chi connectivity index (χ4n) is 3.81. The van der Waals surface area contributed by atoms with E-state index in [2.05, 4.69) is 32.9 Å². The average Bonchev–Trinajstić information content (AvgIpc) is 3.37. The van der Waals surface area contributed by atoms with E-state index in [0.29, 0.717) is 16.0 Å². The zero-order chi connectivity index (χ0) is 26.3. The van der Waals surface area contributed by atoms with E-state index < -0.39 is 0 Å². The highest BCUT2D eigenvalue weighted by Gasteiger charge is 2.17. The Balaban J connectivity index is 1.25. The van der Waals surface area contributed by atoms with Crippen LogP contribution in [0.15, 0.2) is 113 Å². The molecule has 0 spiro atoms. The van der Waals surface area contributed by atoms with Crippen molar-refractivity contribution in [2.75, 3.05) is 5.75 Å². The van der Waals surface area contributed by atoms with Gasteiger partial charge in [0, 0.05) is 16.3 Å². The van der Waals surface area contributed by atoms with E-state index in [1.165, 1.54) is 11.8 Å². The molecule has 0 saturated heterocycles. The molecule has 188 valence electrons. The second kappa shape index (κ2) is 11.9. The number of nitrogens with zero attached hydrogens (tertiary/aromatic N) is 4. The van der Waals surface area contributed by atoms with Crippen LogP contribution in [0.3, 0.4) is 0 Å². The van der Waals surface area contributed by atoms with E-state index in [0.717, 1.165) is 33.5 Å². The molecule has 0 aliphatic rings. The molecule has 5 rings (SSSR count). The number of aryl methyl sites for hydroxylation is 1. The first-order chi connectivity index (χ1) is 18.6. The molecule has 6 nitrogen and oxygen atoms in total. The van der Waals surface area contributed by atoms with Crippen molar-refractivity contribution in [1.29, 1.82) is 0 Å². The molecule has 0 unspecified atom stereocenters. The minimum Gasteiger partial charge on any atom is -0.272 e. The lowest BCUT2D eigenvalue weighted by Crippen LogP contribution is -2.20. The normalized spacial score (nSPS) is 11.1. The number of aromatic nitrogens is 3. The van der Waals surface area contributed by atoms with Crippen LogP contribution in [0, 0.1) is 6.92 Å². The zero-order valence-electron chi connectivity index (χ0n) is 20.6. The third-order valence-corrected chi connectivity index (χ3v) is 6.96. The SMILES string of the molecule is Cc1ccc(-c2nnc(SCC(=O)N/N=C/c3ccc(-c4ccccc4)cc3)n2-c2ccc(Cl)cc2)cc1. The third kappa shape index (κ3) is 6.19. The fourth-order valence-corrected chi connectivity index (χ4v) is 4.68. The van der Waals surface area contributed by atoms with Crippen molar-refractivity contribution >= 4 is 35.5 Å². The summed E-state index contributed by atoms with van der Waals surface area (Å²) in [5.74, 6) is 0.575. The van der Waals surface area contributed by atoms with Gasteiger partial charge in [-0.05, 0) is 47.9 Å². The summed E-state index contributed by atoms with van der Waals surface area (Å²) in [5.41, 5.74) is 8.70. The Morgan fingerprint density at radius 1 is 0.868 bits per heavy atom. The van der Waals surface area contributed by atoms with Crippen molar-refractivity contribution in [3.63, 3.8) is 0 Å². The average molecular weight is 538 g/mol. The number of hydrogen-bond donors (Lipinski definition) is 1. The molecule has 0 saturated carbocycles. The van der Waals surface area contributed by atoms with Gasteiger partial charge in [-0.15, -0.1) is 10.2 Å². The summed E-state index contributed by atoms with van der Waals surface area (Å²) in [7, 11) is 0. The first-order valence-corrected chi connectivity index (χ1v) is 13.3. The van der Waals surface area contributed by atoms with Crippen LogP contribution in [0.1, 0.15) is 11.1 Å². The Morgan fingerprint density at radius 3 is 2.24 bits per heavy atom. The number of hydrazone groups is 1. The number of rotatable bonds is 8. The molecule has 5 aromatic rings. The van der Waals surface area contributed by atoms with Gasteiger partial charge >= 0.3 is 0 Å². The number of nitrogens with one attached hydrogen (secondary N) is 1. The molecule has 0 radical (unpaired) electrons. The molecule has 0 aliphatic carbocycles. The number of carbonyl (C=O) groups is 1. The number of hydrogen-bond acceptors (Lipinski definition) is 5. The zero-order valence-corrected chi connectivity index (χ0v) is 22.2. The maximum atomic E-state index is 12.5. The molecule has 0 bridgehead atoms. The predicted octanol–water partition coefficient (Wildman–Crippen LogP) is 6.81. The first kappa shape index (κ1) is 25.4. The quantitative estimate of drug-likeness (QED) is 0.134. The largest absolute Gasteiger partial charge is 0.272 e. The van der Waals surface area contributed by atoms with Crippen molar-refractivity contribution < 1.29 is 4.79 Å². The number of thioether (sulfide) groups is 1. The molecule has 1 heterocycles. The predicted molar refractivity (Wildman–Crippen MR) is 155 cm³/mol. The van der Waals surface area contributed by atoms with Gasteiger partial charge in [-0.3, -0.25) is 9.36 Å². The van der Waals surface area contributed by atoms with Gasteiger partial charge in [0.25, 0.3) is 5.91 Å². The molecule has 1 N–H and O–H groups in total. The molecule has 4 aromatic carbocycles. The van der Waals surface area contributed by atoms with Gasteiger partial charge in [0.05, 0.1) is 12.0 Å². The van der Waals surface area contributed by atoms with Crippen LogP contribution in [0.25, 0.3) is 28.2 Å². The van der Waals surface area contributed by atoms with Crippen molar-refractivity contribution in [3.8, 4) is 28.2 Å². The number of halogens is 1. The van der Waals surface area contributed by atoms with Gasteiger partial charge in [0.1, 0.15) is 0 Å². The Bertz CT molecular complexity index is 1550. The lowest BCUT2D eigenvalue weighted by atomic mass is 10.0. The van der Waals surface area contributed by atoms with Crippen molar-refractivity contribution in [3.05, 3.63) is 119 Å². The number of carbonyl (C=O) groups excluding carboxylic acids is 1. The van der Waals surface area contributed by atoms with Crippen LogP contribution in [0.4, 0.5) is 0 Å². The second-order valence-electron chi connectivity index (χ2n) is 8.55. The van der Waals surface area contributed by atoms with Crippen LogP contribution in [-0.4, -0.2) is 32.6 Å². The van der Waals surface area contributed by atoms with E-state index in [-0.39, 0.29) is 11.7 Å². The topological polar surface area (TPSA) is 72.2 Å². The van der Waals surface area contributed by atoms with Crippen LogP contribution >= 0.6 is 23.4 Å². The Labute approximate surface area is 230 Å². The Morgan fingerprint density at radius 2 is 1.53 bits per heavy atom. The van der Waals surface area contributed by atoms with Gasteiger partial charge in [-0.25, -0.2) is 5.43 Å². The highest BCUT2D eigenvalue weighted by atomic mass is 35.5. The molecular formula is C30H24ClN5OS. The lowest BCUT2D eigenvalue weighted by Gasteiger charge is -2.10. The van der Waals surface area contributed by atoms with Gasteiger partial charge in [0.2, 0.25) is 0 Å². The highest BCUT2D eigenvalue weighted by Crippen LogP contribution is 2.29. The molecule has 38 heavy (non-hydrogen) atoms. The monoisotopic (exact) mass is 537 g/mol. The molecule has 8 heteroatoms. The van der Waals surface area contributed by atoms with Crippen LogP contribution in [0.5, 0.6) is 0 Å². The summed E-state index contributed by atoms with van der Waals surface area (Å²) in [6.45, 7) is 2.04. The minimum atomic E-state index is -0.241. The van der Waals surface area contributed by atoms with E-state index in [1.807, 2.05) is 102 Å². The highest BCUT2D eigenvalue weighted by molar-refractivity contribution is 7.99. The lowest BCUT2D eigenvalue weighted by molar-refractivity contribution is -0.118. The first-order valence-electron chi connectivity index (χ1n) is 12.0. The summed E-state index contributed by atoms with van der Waals surface area (Å²) < 4.78 is 1.93. The maximum Gasteiger partial charge on any atom is 0.250 e. The molecule has 0 fully saturated rings. The number of benzene rings is 4. The van der Waals surface area contributed by atoms with Crippen molar-refractivity contribution in [1.82, 2.24) is 20.2 Å². The Hall–Kier alpha value is -4.20. The molecule has 0 atom stereocenters. The Kier molecular flexibility index (Phi) is 7.97. The molecule has 1 aromatic heterocycles. The van der Waals surface area contributed by atoms with Gasteiger partial charge in [-0.1, -0.05) is 108 Å². The smallest absolute Gasteiger partial charge is 0.250 e. The molecule has 0 aliphatic heterocycles. The van der Waals surface area contributed by atoms with E-state index in [1.54, 1.807) is 6.21 Å². The van der Waals surface area contributed by atoms with Gasteiger partial charge in [-0.2, -0.15) is 5.10 Å². The number of amides is 1. The van der Waals surface area contributed by atoms with Crippen molar-refractivity contribution in [2.45, 2.75) is 12.1 Å². The standard InChI is InChI=1S/C30H24ClN5OS/c1-21-7-11-25(12-8-21)29-34-35-30(36(29)27-17-15-26(31)16-18-27)38-20-28(37)33-32-19-22-9-13-24(14-10-22)23-5-3-2-4-6-23/h2-19H,20H2,1H3,(H,33,37)/b32-19+. The second-order valence-corrected chi connectivity index (χ2v) is 9.93. The van der Waals surface area contributed by atoms with Crippen molar-refractivity contribution in [2.24, 2.45) is 5.10 Å². The van der Waals surface area contributed by atoms with E-state index >= 15 is 0 Å². The van der Waals surface area contributed by atoms with Crippen LogP contribution in [-0.2, 0) is 4.79 Å². The summed E-state index contributed by atoms with van der Waals surface area (Å²) in [5, 5.41) is 14.1. The fraction of sp³-hybridized carbons (Fsp3) is 0.0667. The van der Waals surface area contributed by atoms with Gasteiger partial charge < -0.3 is 0 Å². The summed E-state index contributed by atoms with van der Waals surface area (Å²) >= 11 is 7.40.